The minimum atomic E-state index is -0.0181. The second kappa shape index (κ2) is 7.16. The summed E-state index contributed by atoms with van der Waals surface area (Å²) in [7, 11) is 0. The molecule has 5 nitrogen and oxygen atoms in total. The number of fused-ring (bicyclic) bond motifs is 1. The number of aliphatic hydroxyl groups excluding tert-OH is 1. The second-order valence-electron chi connectivity index (χ2n) is 7.30. The van der Waals surface area contributed by atoms with Crippen molar-refractivity contribution in [1.29, 1.82) is 0 Å². The summed E-state index contributed by atoms with van der Waals surface area (Å²) in [6.45, 7) is 6.29. The Bertz CT molecular complexity index is 657. The standard InChI is InChI=1S/C20H28N2O3/c1-3-18(24)22-10-7-15-13-16(5-6-17(15)22)19(25)21-11-8-20(4-2,14-23)9-12-21/h5-6,13,23H,3-4,7-12,14H2,1-2H3. The van der Waals surface area contributed by atoms with Crippen LogP contribution in [0, 0.1) is 5.41 Å². The topological polar surface area (TPSA) is 60.9 Å². The highest BCUT2D eigenvalue weighted by molar-refractivity contribution is 5.98. The van der Waals surface area contributed by atoms with Crippen LogP contribution in [0.15, 0.2) is 18.2 Å². The number of piperidine rings is 1. The van der Waals surface area contributed by atoms with Gasteiger partial charge in [-0.15, -0.1) is 0 Å². The first-order valence-corrected chi connectivity index (χ1v) is 9.37. The minimum absolute atomic E-state index is 0.0181. The fourth-order valence-corrected chi connectivity index (χ4v) is 3.97. The molecule has 136 valence electrons. The lowest BCUT2D eigenvalue weighted by Gasteiger charge is -2.40. The predicted octanol–water partition coefficient (Wildman–Crippen LogP) is 2.61. The van der Waals surface area contributed by atoms with Crippen LogP contribution in [-0.4, -0.2) is 48.1 Å². The Balaban J connectivity index is 1.72. The Morgan fingerprint density at radius 2 is 1.88 bits per heavy atom. The summed E-state index contributed by atoms with van der Waals surface area (Å²) >= 11 is 0. The number of nitrogens with zero attached hydrogens (tertiary/aromatic N) is 2. The largest absolute Gasteiger partial charge is 0.396 e. The highest BCUT2D eigenvalue weighted by Crippen LogP contribution is 2.35. The maximum atomic E-state index is 12.8. The van der Waals surface area contributed by atoms with Gasteiger partial charge in [0.2, 0.25) is 5.91 Å². The number of aliphatic hydroxyl groups is 1. The lowest BCUT2D eigenvalue weighted by atomic mass is 9.77. The number of hydrogen-bond donors (Lipinski definition) is 1. The summed E-state index contributed by atoms with van der Waals surface area (Å²) in [5.41, 5.74) is 2.73. The van der Waals surface area contributed by atoms with E-state index in [4.69, 9.17) is 0 Å². The molecule has 0 bridgehead atoms. The van der Waals surface area contributed by atoms with Gasteiger partial charge >= 0.3 is 0 Å². The number of rotatable bonds is 4. The van der Waals surface area contributed by atoms with Crippen LogP contribution < -0.4 is 4.90 Å². The van der Waals surface area contributed by atoms with Crippen molar-refractivity contribution in [2.75, 3.05) is 31.1 Å². The van der Waals surface area contributed by atoms with Crippen molar-refractivity contribution in [3.05, 3.63) is 29.3 Å². The van der Waals surface area contributed by atoms with Gasteiger partial charge in [-0.3, -0.25) is 9.59 Å². The average molecular weight is 344 g/mol. The van der Waals surface area contributed by atoms with Crippen molar-refractivity contribution in [1.82, 2.24) is 4.90 Å². The summed E-state index contributed by atoms with van der Waals surface area (Å²) in [5.74, 6) is 0.194. The van der Waals surface area contributed by atoms with Crippen LogP contribution in [0.5, 0.6) is 0 Å². The molecule has 1 aromatic carbocycles. The van der Waals surface area contributed by atoms with E-state index >= 15 is 0 Å². The molecule has 0 aromatic heterocycles. The molecule has 1 saturated heterocycles. The molecule has 0 radical (unpaired) electrons. The van der Waals surface area contributed by atoms with Gasteiger partial charge in [0.05, 0.1) is 0 Å². The van der Waals surface area contributed by atoms with Crippen molar-refractivity contribution in [2.45, 2.75) is 46.0 Å². The molecule has 0 aliphatic carbocycles. The number of amides is 2. The van der Waals surface area contributed by atoms with Crippen molar-refractivity contribution >= 4 is 17.5 Å². The van der Waals surface area contributed by atoms with E-state index in [9.17, 15) is 14.7 Å². The molecular formula is C20H28N2O3. The maximum Gasteiger partial charge on any atom is 0.253 e. The SMILES string of the molecule is CCC(=O)N1CCc2cc(C(=O)N3CCC(CC)(CO)CC3)ccc21. The van der Waals surface area contributed by atoms with Gasteiger partial charge in [-0.2, -0.15) is 0 Å². The van der Waals surface area contributed by atoms with Crippen molar-refractivity contribution < 1.29 is 14.7 Å². The molecule has 25 heavy (non-hydrogen) atoms. The Labute approximate surface area is 149 Å². The zero-order valence-corrected chi connectivity index (χ0v) is 15.3. The van der Waals surface area contributed by atoms with E-state index in [-0.39, 0.29) is 23.8 Å². The summed E-state index contributed by atoms with van der Waals surface area (Å²) in [6, 6.07) is 5.71. The Morgan fingerprint density at radius 3 is 2.48 bits per heavy atom. The van der Waals surface area contributed by atoms with Gasteiger partial charge < -0.3 is 14.9 Å². The monoisotopic (exact) mass is 344 g/mol. The highest BCUT2D eigenvalue weighted by atomic mass is 16.3. The molecule has 2 heterocycles. The molecule has 0 spiro atoms. The Morgan fingerprint density at radius 1 is 1.16 bits per heavy atom. The zero-order valence-electron chi connectivity index (χ0n) is 15.3. The average Bonchev–Trinajstić information content (AvgIpc) is 3.10. The Kier molecular flexibility index (Phi) is 5.13. The maximum absolute atomic E-state index is 12.8. The summed E-state index contributed by atoms with van der Waals surface area (Å²) in [4.78, 5) is 28.6. The van der Waals surface area contributed by atoms with Gasteiger partial charge in [-0.25, -0.2) is 0 Å². The fraction of sp³-hybridized carbons (Fsp3) is 0.600. The van der Waals surface area contributed by atoms with Crippen molar-refractivity contribution in [3.8, 4) is 0 Å². The van der Waals surface area contributed by atoms with Crippen LogP contribution in [-0.2, 0) is 11.2 Å². The molecule has 5 heteroatoms. The Hall–Kier alpha value is -1.88. The van der Waals surface area contributed by atoms with Crippen LogP contribution in [0.25, 0.3) is 0 Å². The smallest absolute Gasteiger partial charge is 0.253 e. The van der Waals surface area contributed by atoms with Crippen LogP contribution >= 0.6 is 0 Å². The van der Waals surface area contributed by atoms with Crippen LogP contribution in [0.3, 0.4) is 0 Å². The first-order valence-electron chi connectivity index (χ1n) is 9.37. The summed E-state index contributed by atoms with van der Waals surface area (Å²) in [6.07, 6.45) is 3.97. The number of benzene rings is 1. The van der Waals surface area contributed by atoms with Crippen LogP contribution in [0.4, 0.5) is 5.69 Å². The third kappa shape index (κ3) is 3.30. The third-order valence-electron chi connectivity index (χ3n) is 6.02. The second-order valence-corrected chi connectivity index (χ2v) is 7.30. The molecule has 2 amide bonds. The molecule has 1 N–H and O–H groups in total. The van der Waals surface area contributed by atoms with Gasteiger partial charge in [-0.05, 0) is 54.9 Å². The summed E-state index contributed by atoms with van der Waals surface area (Å²) < 4.78 is 0. The van der Waals surface area contributed by atoms with E-state index < -0.39 is 0 Å². The van der Waals surface area contributed by atoms with E-state index in [1.807, 2.05) is 34.9 Å². The van der Waals surface area contributed by atoms with E-state index in [0.717, 1.165) is 36.9 Å². The van der Waals surface area contributed by atoms with Crippen LogP contribution in [0.1, 0.15) is 55.5 Å². The van der Waals surface area contributed by atoms with Gasteiger partial charge in [0.1, 0.15) is 0 Å². The molecule has 3 rings (SSSR count). The van der Waals surface area contributed by atoms with E-state index in [0.29, 0.717) is 31.6 Å². The minimum Gasteiger partial charge on any atom is -0.396 e. The molecule has 0 unspecified atom stereocenters. The number of carbonyl (C=O) groups is 2. The zero-order chi connectivity index (χ0) is 18.0. The van der Waals surface area contributed by atoms with E-state index in [1.54, 1.807) is 0 Å². The molecule has 1 fully saturated rings. The number of anilines is 1. The normalized spacial score (nSPS) is 19.0. The molecule has 2 aliphatic rings. The first kappa shape index (κ1) is 17.9. The summed E-state index contributed by atoms with van der Waals surface area (Å²) in [5, 5.41) is 9.64. The molecule has 2 aliphatic heterocycles. The predicted molar refractivity (Wildman–Crippen MR) is 97.7 cm³/mol. The number of carbonyl (C=O) groups excluding carboxylic acids is 2. The molecule has 1 aromatic rings. The van der Waals surface area contributed by atoms with Gasteiger partial charge in [-0.1, -0.05) is 13.8 Å². The first-order chi connectivity index (χ1) is 12.0. The molecule has 0 atom stereocenters. The lowest BCUT2D eigenvalue weighted by molar-refractivity contribution is -0.118. The third-order valence-corrected chi connectivity index (χ3v) is 6.02. The van der Waals surface area contributed by atoms with Crippen LogP contribution in [0.2, 0.25) is 0 Å². The quantitative estimate of drug-likeness (QED) is 0.913. The van der Waals surface area contributed by atoms with E-state index in [1.165, 1.54) is 0 Å². The molecular weight excluding hydrogens is 316 g/mol. The van der Waals surface area contributed by atoms with Gasteiger partial charge in [0, 0.05) is 43.9 Å². The molecule has 0 saturated carbocycles. The van der Waals surface area contributed by atoms with Crippen molar-refractivity contribution in [2.24, 2.45) is 5.41 Å². The lowest BCUT2D eigenvalue weighted by Crippen LogP contribution is -2.44. The number of hydrogen-bond acceptors (Lipinski definition) is 3. The fourth-order valence-electron chi connectivity index (χ4n) is 3.97. The number of likely N-dealkylation sites (tertiary alicyclic amines) is 1. The van der Waals surface area contributed by atoms with Gasteiger partial charge in [0.25, 0.3) is 5.91 Å². The van der Waals surface area contributed by atoms with Crippen molar-refractivity contribution in [3.63, 3.8) is 0 Å². The van der Waals surface area contributed by atoms with Gasteiger partial charge in [0.15, 0.2) is 0 Å². The van der Waals surface area contributed by atoms with E-state index in [2.05, 4.69) is 6.92 Å². The highest BCUT2D eigenvalue weighted by Gasteiger charge is 2.34.